The Morgan fingerprint density at radius 2 is 1.02 bits per heavy atom. The third-order valence-corrected chi connectivity index (χ3v) is 11.6. The molecule has 0 amide bonds. The minimum atomic E-state index is 0.214. The lowest BCUT2D eigenvalue weighted by Gasteiger charge is -2.25. The van der Waals surface area contributed by atoms with Gasteiger partial charge >= 0.3 is 0 Å². The van der Waals surface area contributed by atoms with E-state index in [0.29, 0.717) is 11.8 Å². The van der Waals surface area contributed by atoms with Crippen molar-refractivity contribution in [1.82, 2.24) is 14.8 Å². The Bertz CT molecular complexity index is 3130. The van der Waals surface area contributed by atoms with E-state index in [-0.39, 0.29) is 5.92 Å². The highest BCUT2D eigenvalue weighted by Crippen LogP contribution is 2.43. The molecule has 0 N–H and O–H groups in total. The molecular formula is C54H37N3O. The lowest BCUT2D eigenvalue weighted by molar-refractivity contribution is 0.584. The summed E-state index contributed by atoms with van der Waals surface area (Å²) >= 11 is 0. The highest BCUT2D eigenvalue weighted by atomic mass is 16.4. The molecule has 0 saturated heterocycles. The van der Waals surface area contributed by atoms with Crippen molar-refractivity contribution in [2.75, 3.05) is 0 Å². The van der Waals surface area contributed by atoms with Crippen LogP contribution in [0.5, 0.6) is 0 Å². The van der Waals surface area contributed by atoms with E-state index in [9.17, 15) is 0 Å². The Labute approximate surface area is 336 Å². The van der Waals surface area contributed by atoms with E-state index < -0.39 is 0 Å². The number of hydrogen-bond donors (Lipinski definition) is 0. The Hall–Kier alpha value is -7.56. The summed E-state index contributed by atoms with van der Waals surface area (Å²) in [6, 6.07) is 67.0. The summed E-state index contributed by atoms with van der Waals surface area (Å²) in [4.78, 5) is 0. The topological polar surface area (TPSA) is 43.9 Å². The highest BCUT2D eigenvalue weighted by Gasteiger charge is 2.23. The SMILES string of the molecule is C1=CCC(c2ccccc2-c2ccc(-c3nnc(-c4ccc(-c5ccc6ccccc6c5)cc4)o3)cc2)C(c2ccc(-n3c4ccccc4c4ccccc43)cc2)=C1. The molecular weight excluding hydrogens is 707 g/mol. The summed E-state index contributed by atoms with van der Waals surface area (Å²) in [5.41, 5.74) is 13.9. The van der Waals surface area contributed by atoms with Crippen LogP contribution < -0.4 is 0 Å². The average molecular weight is 744 g/mol. The molecule has 10 aromatic rings. The Morgan fingerprint density at radius 3 is 1.72 bits per heavy atom. The van der Waals surface area contributed by atoms with Crippen LogP contribution in [0.15, 0.2) is 211 Å². The first kappa shape index (κ1) is 33.8. The van der Waals surface area contributed by atoms with Crippen molar-refractivity contribution in [1.29, 1.82) is 0 Å². The summed E-state index contributed by atoms with van der Waals surface area (Å²) < 4.78 is 8.60. The van der Waals surface area contributed by atoms with E-state index in [2.05, 4.69) is 209 Å². The predicted octanol–water partition coefficient (Wildman–Crippen LogP) is 14.1. The first-order valence-corrected chi connectivity index (χ1v) is 19.8. The molecule has 11 rings (SSSR count). The molecule has 8 aromatic carbocycles. The monoisotopic (exact) mass is 743 g/mol. The second-order valence-electron chi connectivity index (χ2n) is 15.0. The predicted molar refractivity (Wildman–Crippen MR) is 239 cm³/mol. The fourth-order valence-corrected chi connectivity index (χ4v) is 8.71. The van der Waals surface area contributed by atoms with Crippen LogP contribution in [0.25, 0.3) is 89.0 Å². The van der Waals surface area contributed by atoms with Crippen molar-refractivity contribution in [3.05, 3.63) is 217 Å². The van der Waals surface area contributed by atoms with Crippen LogP contribution in [-0.4, -0.2) is 14.8 Å². The molecule has 2 heterocycles. The summed E-state index contributed by atoms with van der Waals surface area (Å²) in [5.74, 6) is 1.22. The van der Waals surface area contributed by atoms with Crippen LogP contribution in [0.2, 0.25) is 0 Å². The molecule has 0 radical (unpaired) electrons. The number of aromatic nitrogens is 3. The maximum atomic E-state index is 6.22. The molecule has 1 aliphatic rings. The molecule has 1 unspecified atom stereocenters. The molecule has 0 saturated carbocycles. The minimum absolute atomic E-state index is 0.214. The molecule has 2 aromatic heterocycles. The highest BCUT2D eigenvalue weighted by molar-refractivity contribution is 6.09. The second-order valence-corrected chi connectivity index (χ2v) is 15.0. The lowest BCUT2D eigenvalue weighted by atomic mass is 9.79. The number of allylic oxidation sites excluding steroid dienone is 4. The first-order valence-electron chi connectivity index (χ1n) is 19.8. The van der Waals surface area contributed by atoms with Gasteiger partial charge in [-0.3, -0.25) is 0 Å². The van der Waals surface area contributed by atoms with E-state index in [1.54, 1.807) is 0 Å². The van der Waals surface area contributed by atoms with Gasteiger partial charge in [0.05, 0.1) is 11.0 Å². The molecule has 0 aliphatic heterocycles. The van der Waals surface area contributed by atoms with E-state index in [0.717, 1.165) is 34.4 Å². The average Bonchev–Trinajstić information content (AvgIpc) is 3.93. The number of rotatable bonds is 7. The fraction of sp³-hybridized carbons (Fsp3) is 0.0370. The number of benzene rings is 8. The van der Waals surface area contributed by atoms with E-state index in [4.69, 9.17) is 4.42 Å². The summed E-state index contributed by atoms with van der Waals surface area (Å²) in [6.45, 7) is 0. The van der Waals surface area contributed by atoms with Crippen LogP contribution in [0.3, 0.4) is 0 Å². The zero-order valence-electron chi connectivity index (χ0n) is 31.7. The zero-order valence-corrected chi connectivity index (χ0v) is 31.7. The summed E-state index contributed by atoms with van der Waals surface area (Å²) in [5, 5.41) is 13.9. The van der Waals surface area contributed by atoms with Gasteiger partial charge in [-0.05, 0) is 111 Å². The molecule has 1 aliphatic carbocycles. The minimum Gasteiger partial charge on any atom is -0.416 e. The van der Waals surface area contributed by atoms with Gasteiger partial charge in [0.15, 0.2) is 0 Å². The molecule has 274 valence electrons. The Kier molecular flexibility index (Phi) is 8.25. The van der Waals surface area contributed by atoms with E-state index in [1.165, 1.54) is 60.4 Å². The second kappa shape index (κ2) is 14.2. The molecule has 0 bridgehead atoms. The Morgan fingerprint density at radius 1 is 0.466 bits per heavy atom. The first-order chi connectivity index (χ1) is 28.7. The van der Waals surface area contributed by atoms with Crippen molar-refractivity contribution < 1.29 is 4.42 Å². The fourth-order valence-electron chi connectivity index (χ4n) is 8.71. The van der Waals surface area contributed by atoms with Crippen molar-refractivity contribution in [3.63, 3.8) is 0 Å². The van der Waals surface area contributed by atoms with Gasteiger partial charge in [0.25, 0.3) is 0 Å². The summed E-state index contributed by atoms with van der Waals surface area (Å²) in [7, 11) is 0. The number of hydrogen-bond acceptors (Lipinski definition) is 3. The van der Waals surface area contributed by atoms with Crippen molar-refractivity contribution in [3.8, 4) is 50.8 Å². The van der Waals surface area contributed by atoms with Crippen LogP contribution in [0, 0.1) is 0 Å². The number of fused-ring (bicyclic) bond motifs is 4. The largest absolute Gasteiger partial charge is 0.416 e. The van der Waals surface area contributed by atoms with E-state index >= 15 is 0 Å². The molecule has 4 heteroatoms. The van der Waals surface area contributed by atoms with Crippen molar-refractivity contribution in [2.45, 2.75) is 12.3 Å². The van der Waals surface area contributed by atoms with Gasteiger partial charge in [0.1, 0.15) is 0 Å². The van der Waals surface area contributed by atoms with Gasteiger partial charge in [0.2, 0.25) is 11.8 Å². The van der Waals surface area contributed by atoms with Crippen LogP contribution in [-0.2, 0) is 0 Å². The number of para-hydroxylation sites is 2. The summed E-state index contributed by atoms with van der Waals surface area (Å²) in [6.07, 6.45) is 7.70. The smallest absolute Gasteiger partial charge is 0.248 e. The van der Waals surface area contributed by atoms with Crippen LogP contribution in [0.1, 0.15) is 23.5 Å². The van der Waals surface area contributed by atoms with Gasteiger partial charge in [0, 0.05) is 33.5 Å². The van der Waals surface area contributed by atoms with Crippen molar-refractivity contribution in [2.24, 2.45) is 0 Å². The van der Waals surface area contributed by atoms with Crippen LogP contribution >= 0.6 is 0 Å². The molecule has 1 atom stereocenters. The quantitative estimate of drug-likeness (QED) is 0.163. The third kappa shape index (κ3) is 5.94. The van der Waals surface area contributed by atoms with Gasteiger partial charge in [-0.2, -0.15) is 0 Å². The zero-order chi connectivity index (χ0) is 38.4. The molecule has 4 nitrogen and oxygen atoms in total. The van der Waals surface area contributed by atoms with E-state index in [1.807, 2.05) is 12.1 Å². The van der Waals surface area contributed by atoms with Crippen LogP contribution in [0.4, 0.5) is 0 Å². The Balaban J connectivity index is 0.846. The number of nitrogens with zero attached hydrogens (tertiary/aromatic N) is 3. The standard InChI is InChI=1S/C54H37N3O/c1-2-12-42-35-43(30-23-36(42)11-1)37-21-26-40(27-22-37)53-55-56-54(58-53)41-28-24-38(25-29-41)45-13-3-5-15-47(45)48-16-6-4-14-46(48)39-31-33-44(34-32-39)57-51-19-9-7-17-49(51)50-18-8-10-20-52(50)57/h1-15,17-35,48H,16H2. The molecule has 0 fully saturated rings. The maximum absolute atomic E-state index is 6.22. The lowest BCUT2D eigenvalue weighted by Crippen LogP contribution is -2.06. The van der Waals surface area contributed by atoms with Gasteiger partial charge in [-0.25, -0.2) is 0 Å². The van der Waals surface area contributed by atoms with Gasteiger partial charge in [-0.15, -0.1) is 10.2 Å². The maximum Gasteiger partial charge on any atom is 0.248 e. The molecule has 58 heavy (non-hydrogen) atoms. The van der Waals surface area contributed by atoms with Crippen molar-refractivity contribution >= 4 is 38.2 Å². The van der Waals surface area contributed by atoms with Gasteiger partial charge < -0.3 is 8.98 Å². The third-order valence-electron chi connectivity index (χ3n) is 11.6. The molecule has 0 spiro atoms. The normalized spacial score (nSPS) is 14.0. The van der Waals surface area contributed by atoms with Gasteiger partial charge in [-0.1, -0.05) is 152 Å².